The maximum absolute atomic E-state index is 4.69. The molecule has 112 valence electrons. The molecule has 0 radical (unpaired) electrons. The van der Waals surface area contributed by atoms with Crippen molar-refractivity contribution >= 4 is 23.4 Å². The first-order valence-corrected chi connectivity index (χ1v) is 8.76. The second kappa shape index (κ2) is 7.16. The van der Waals surface area contributed by atoms with E-state index in [9.17, 15) is 0 Å². The number of anilines is 2. The Morgan fingerprint density at radius 1 is 1.30 bits per heavy atom. The molecule has 0 saturated carbocycles. The molecule has 1 aromatic rings. The van der Waals surface area contributed by atoms with E-state index >= 15 is 0 Å². The molecule has 0 aromatic carbocycles. The van der Waals surface area contributed by atoms with Gasteiger partial charge in [0.15, 0.2) is 5.16 Å². The van der Waals surface area contributed by atoms with Gasteiger partial charge in [-0.05, 0) is 30.9 Å². The fourth-order valence-electron chi connectivity index (χ4n) is 2.86. The van der Waals surface area contributed by atoms with Crippen LogP contribution in [0.2, 0.25) is 0 Å². The predicted molar refractivity (Wildman–Crippen MR) is 87.8 cm³/mol. The number of rotatable bonds is 5. The highest BCUT2D eigenvalue weighted by atomic mass is 32.2. The lowest BCUT2D eigenvalue weighted by atomic mass is 9.92. The normalized spacial score (nSPS) is 22.9. The second-order valence-electron chi connectivity index (χ2n) is 5.88. The Hall–Kier alpha value is -0.970. The Morgan fingerprint density at radius 3 is 2.60 bits per heavy atom. The Labute approximate surface area is 126 Å². The molecule has 5 heteroatoms. The topological polar surface area (TPSA) is 41.0 Å². The average Bonchev–Trinajstić information content (AvgIpc) is 2.43. The summed E-state index contributed by atoms with van der Waals surface area (Å²) in [4.78, 5) is 11.6. The summed E-state index contributed by atoms with van der Waals surface area (Å²) in [5.74, 6) is 3.49. The highest BCUT2D eigenvalue weighted by Gasteiger charge is 2.23. The number of nitrogens with one attached hydrogen (secondary N) is 1. The monoisotopic (exact) mass is 294 g/mol. The molecule has 0 amide bonds. The van der Waals surface area contributed by atoms with Crippen LogP contribution in [-0.4, -0.2) is 35.9 Å². The lowest BCUT2D eigenvalue weighted by molar-refractivity contribution is 0.355. The Bertz CT molecular complexity index is 428. The first-order chi connectivity index (χ1) is 9.62. The van der Waals surface area contributed by atoms with E-state index in [4.69, 9.17) is 4.98 Å². The smallest absolute Gasteiger partial charge is 0.191 e. The lowest BCUT2D eigenvalue weighted by Gasteiger charge is -2.36. The maximum Gasteiger partial charge on any atom is 0.191 e. The lowest BCUT2D eigenvalue weighted by Crippen LogP contribution is -2.39. The van der Waals surface area contributed by atoms with Crippen LogP contribution in [0, 0.1) is 11.8 Å². The molecule has 1 aromatic heterocycles. The van der Waals surface area contributed by atoms with Crippen LogP contribution in [-0.2, 0) is 0 Å². The number of aromatic nitrogens is 2. The summed E-state index contributed by atoms with van der Waals surface area (Å²) in [5.41, 5.74) is 0. The highest BCUT2D eigenvalue weighted by Crippen LogP contribution is 2.27. The van der Waals surface area contributed by atoms with Gasteiger partial charge in [0, 0.05) is 25.7 Å². The zero-order chi connectivity index (χ0) is 14.5. The zero-order valence-corrected chi connectivity index (χ0v) is 13.8. The van der Waals surface area contributed by atoms with Gasteiger partial charge in [-0.15, -0.1) is 0 Å². The Morgan fingerprint density at radius 2 is 2.00 bits per heavy atom. The van der Waals surface area contributed by atoms with Crippen molar-refractivity contribution in [2.45, 2.75) is 38.8 Å². The quantitative estimate of drug-likeness (QED) is 0.665. The number of nitrogens with zero attached hydrogens (tertiary/aromatic N) is 3. The summed E-state index contributed by atoms with van der Waals surface area (Å²) < 4.78 is 0. The molecule has 2 unspecified atom stereocenters. The van der Waals surface area contributed by atoms with Crippen molar-refractivity contribution in [3.63, 3.8) is 0 Å². The fraction of sp³-hybridized carbons (Fsp3) is 0.733. The number of thioether (sulfide) groups is 1. The van der Waals surface area contributed by atoms with Gasteiger partial charge in [0.1, 0.15) is 11.6 Å². The minimum absolute atomic E-state index is 0.735. The van der Waals surface area contributed by atoms with Crippen molar-refractivity contribution in [3.05, 3.63) is 6.07 Å². The largest absolute Gasteiger partial charge is 0.370 e. The molecule has 1 fully saturated rings. The molecule has 2 atom stereocenters. The third kappa shape index (κ3) is 4.01. The van der Waals surface area contributed by atoms with Crippen LogP contribution in [0.15, 0.2) is 11.2 Å². The summed E-state index contributed by atoms with van der Waals surface area (Å²) in [5, 5.41) is 4.23. The van der Waals surface area contributed by atoms with Crippen LogP contribution in [0.1, 0.15) is 33.6 Å². The van der Waals surface area contributed by atoms with Crippen molar-refractivity contribution in [2.24, 2.45) is 11.8 Å². The molecule has 1 saturated heterocycles. The Balaban J connectivity index is 2.20. The molecule has 4 nitrogen and oxygen atoms in total. The number of hydrogen-bond acceptors (Lipinski definition) is 5. The van der Waals surface area contributed by atoms with Gasteiger partial charge in [-0.3, -0.25) is 0 Å². The minimum atomic E-state index is 0.735. The standard InChI is InChI=1S/C15H26N4S/c1-5-6-16-13-8-14(18-15(17-13)20-4)19-9-11(2)7-12(3)10-19/h8,11-12H,5-7,9-10H2,1-4H3,(H,16,17,18). The summed E-state index contributed by atoms with van der Waals surface area (Å²) in [6, 6.07) is 2.10. The second-order valence-corrected chi connectivity index (χ2v) is 6.65. The van der Waals surface area contributed by atoms with Gasteiger partial charge < -0.3 is 10.2 Å². The van der Waals surface area contributed by atoms with E-state index in [2.05, 4.69) is 42.0 Å². The maximum atomic E-state index is 4.69. The summed E-state index contributed by atoms with van der Waals surface area (Å²) in [6.45, 7) is 9.98. The molecule has 0 bridgehead atoms. The van der Waals surface area contributed by atoms with Gasteiger partial charge in [0.25, 0.3) is 0 Å². The average molecular weight is 294 g/mol. The van der Waals surface area contributed by atoms with Crippen molar-refractivity contribution in [2.75, 3.05) is 36.1 Å². The molecule has 1 aliphatic heterocycles. The van der Waals surface area contributed by atoms with E-state index < -0.39 is 0 Å². The SMILES string of the molecule is CCCNc1cc(N2CC(C)CC(C)C2)nc(SC)n1. The number of hydrogen-bond donors (Lipinski definition) is 1. The van der Waals surface area contributed by atoms with Crippen molar-refractivity contribution in [3.8, 4) is 0 Å². The van der Waals surface area contributed by atoms with E-state index in [1.807, 2.05) is 6.26 Å². The van der Waals surface area contributed by atoms with Gasteiger partial charge in [-0.25, -0.2) is 9.97 Å². The molecule has 0 spiro atoms. The summed E-state index contributed by atoms with van der Waals surface area (Å²) in [6.07, 6.45) is 4.45. The first kappa shape index (κ1) is 15.4. The van der Waals surface area contributed by atoms with Crippen LogP contribution >= 0.6 is 11.8 Å². The van der Waals surface area contributed by atoms with E-state index in [0.29, 0.717) is 0 Å². The molecule has 0 aliphatic carbocycles. The molecule has 1 N–H and O–H groups in total. The highest BCUT2D eigenvalue weighted by molar-refractivity contribution is 7.98. The van der Waals surface area contributed by atoms with Gasteiger partial charge >= 0.3 is 0 Å². The van der Waals surface area contributed by atoms with E-state index in [1.165, 1.54) is 6.42 Å². The molecule has 1 aliphatic rings. The molecule has 2 rings (SSSR count). The third-order valence-electron chi connectivity index (χ3n) is 3.62. The van der Waals surface area contributed by atoms with Gasteiger partial charge in [0.2, 0.25) is 0 Å². The fourth-order valence-corrected chi connectivity index (χ4v) is 3.23. The molecular weight excluding hydrogens is 268 g/mol. The number of piperidine rings is 1. The van der Waals surface area contributed by atoms with E-state index in [-0.39, 0.29) is 0 Å². The molecular formula is C15H26N4S. The zero-order valence-electron chi connectivity index (χ0n) is 13.0. The van der Waals surface area contributed by atoms with Crippen LogP contribution in [0.4, 0.5) is 11.6 Å². The van der Waals surface area contributed by atoms with E-state index in [0.717, 1.165) is 54.7 Å². The minimum Gasteiger partial charge on any atom is -0.370 e. The van der Waals surface area contributed by atoms with Crippen LogP contribution < -0.4 is 10.2 Å². The summed E-state index contributed by atoms with van der Waals surface area (Å²) >= 11 is 1.61. The van der Waals surface area contributed by atoms with E-state index in [1.54, 1.807) is 11.8 Å². The van der Waals surface area contributed by atoms with Gasteiger partial charge in [-0.1, -0.05) is 32.5 Å². The van der Waals surface area contributed by atoms with Crippen molar-refractivity contribution in [1.29, 1.82) is 0 Å². The van der Waals surface area contributed by atoms with Crippen LogP contribution in [0.5, 0.6) is 0 Å². The van der Waals surface area contributed by atoms with Crippen molar-refractivity contribution in [1.82, 2.24) is 9.97 Å². The van der Waals surface area contributed by atoms with Crippen molar-refractivity contribution < 1.29 is 0 Å². The predicted octanol–water partition coefficient (Wildman–Crippen LogP) is 3.50. The van der Waals surface area contributed by atoms with Gasteiger partial charge in [-0.2, -0.15) is 0 Å². The molecule has 2 heterocycles. The molecule has 20 heavy (non-hydrogen) atoms. The summed E-state index contributed by atoms with van der Waals surface area (Å²) in [7, 11) is 0. The Kier molecular flexibility index (Phi) is 5.52. The third-order valence-corrected chi connectivity index (χ3v) is 4.17. The first-order valence-electron chi connectivity index (χ1n) is 7.54. The van der Waals surface area contributed by atoms with Crippen LogP contribution in [0.3, 0.4) is 0 Å². The van der Waals surface area contributed by atoms with Crippen LogP contribution in [0.25, 0.3) is 0 Å². The van der Waals surface area contributed by atoms with Gasteiger partial charge in [0.05, 0.1) is 0 Å².